The molecule has 1 aromatic rings. The molecule has 100 valence electrons. The lowest BCUT2D eigenvalue weighted by Gasteiger charge is -2.27. The minimum Gasteiger partial charge on any atom is -0.391 e. The van der Waals surface area contributed by atoms with Crippen LogP contribution in [-0.2, 0) is 11.2 Å². The van der Waals surface area contributed by atoms with Gasteiger partial charge in [-0.3, -0.25) is 4.79 Å². The van der Waals surface area contributed by atoms with Crippen LogP contribution in [0.1, 0.15) is 25.8 Å². The lowest BCUT2D eigenvalue weighted by molar-refractivity contribution is -0.127. The van der Waals surface area contributed by atoms with Crippen LogP contribution in [-0.4, -0.2) is 23.2 Å². The molecule has 0 saturated heterocycles. The van der Waals surface area contributed by atoms with Gasteiger partial charge in [-0.1, -0.05) is 44.2 Å². The number of aliphatic hydroxyl groups is 1. The van der Waals surface area contributed by atoms with Crippen LogP contribution in [0.2, 0.25) is 0 Å². The Morgan fingerprint density at radius 2 is 1.89 bits per heavy atom. The Balaban J connectivity index is 2.57. The number of rotatable bonds is 6. The van der Waals surface area contributed by atoms with Crippen molar-refractivity contribution in [3.05, 3.63) is 35.9 Å². The van der Waals surface area contributed by atoms with Gasteiger partial charge in [-0.25, -0.2) is 0 Å². The van der Waals surface area contributed by atoms with Gasteiger partial charge in [-0.05, 0) is 18.4 Å². The summed E-state index contributed by atoms with van der Waals surface area (Å²) in [4.78, 5) is 11.2. The number of benzene rings is 1. The van der Waals surface area contributed by atoms with Crippen LogP contribution in [0.3, 0.4) is 0 Å². The van der Waals surface area contributed by atoms with Crippen molar-refractivity contribution in [1.29, 1.82) is 0 Å². The summed E-state index contributed by atoms with van der Waals surface area (Å²) in [6, 6.07) is 9.33. The van der Waals surface area contributed by atoms with Gasteiger partial charge in [0.25, 0.3) is 0 Å². The fourth-order valence-electron chi connectivity index (χ4n) is 1.80. The Morgan fingerprint density at radius 3 is 2.39 bits per heavy atom. The average molecular weight is 250 g/mol. The van der Waals surface area contributed by atoms with Crippen LogP contribution < -0.4 is 11.5 Å². The van der Waals surface area contributed by atoms with Gasteiger partial charge in [0.05, 0.1) is 6.10 Å². The van der Waals surface area contributed by atoms with Crippen molar-refractivity contribution in [3.63, 3.8) is 0 Å². The Kier molecular flexibility index (Phi) is 4.87. The van der Waals surface area contributed by atoms with E-state index in [1.54, 1.807) is 13.8 Å². The molecule has 4 heteroatoms. The molecule has 0 aliphatic carbocycles. The molecule has 0 fully saturated rings. The summed E-state index contributed by atoms with van der Waals surface area (Å²) in [6.07, 6.45) is 0.111. The number of amides is 1. The topological polar surface area (TPSA) is 89.3 Å². The molecule has 0 bridgehead atoms. The molecule has 0 aliphatic heterocycles. The summed E-state index contributed by atoms with van der Waals surface area (Å²) in [7, 11) is 0. The number of carbonyl (C=O) groups excluding carboxylic acids is 1. The zero-order valence-electron chi connectivity index (χ0n) is 11.0. The number of hydrogen-bond acceptors (Lipinski definition) is 3. The molecule has 0 aromatic heterocycles. The fraction of sp³-hybridized carbons (Fsp3) is 0.500. The highest BCUT2D eigenvalue weighted by Crippen LogP contribution is 2.23. The third kappa shape index (κ3) is 4.13. The van der Waals surface area contributed by atoms with Gasteiger partial charge in [0.2, 0.25) is 5.91 Å². The smallest absolute Gasteiger partial charge is 0.223 e. The van der Waals surface area contributed by atoms with Gasteiger partial charge >= 0.3 is 0 Å². The summed E-state index contributed by atoms with van der Waals surface area (Å²) >= 11 is 0. The summed E-state index contributed by atoms with van der Waals surface area (Å²) in [6.45, 7) is 3.43. The number of carbonyl (C=O) groups is 1. The van der Waals surface area contributed by atoms with Crippen LogP contribution in [0.25, 0.3) is 0 Å². The number of primary amides is 1. The predicted octanol–water partition coefficient (Wildman–Crippen LogP) is 0.819. The first-order chi connectivity index (χ1) is 8.33. The molecular weight excluding hydrogens is 228 g/mol. The molecule has 1 rings (SSSR count). The van der Waals surface area contributed by atoms with Crippen LogP contribution in [0.4, 0.5) is 0 Å². The van der Waals surface area contributed by atoms with Gasteiger partial charge < -0.3 is 16.6 Å². The Hall–Kier alpha value is -1.39. The van der Waals surface area contributed by atoms with Crippen molar-refractivity contribution < 1.29 is 9.90 Å². The van der Waals surface area contributed by atoms with E-state index in [-0.39, 0.29) is 6.42 Å². The molecule has 4 nitrogen and oxygen atoms in total. The van der Waals surface area contributed by atoms with Gasteiger partial charge in [0.15, 0.2) is 0 Å². The third-order valence-corrected chi connectivity index (χ3v) is 3.19. The van der Waals surface area contributed by atoms with Gasteiger partial charge in [0.1, 0.15) is 0 Å². The molecule has 18 heavy (non-hydrogen) atoms. The van der Waals surface area contributed by atoms with E-state index < -0.39 is 23.5 Å². The Bertz CT molecular complexity index is 390. The van der Waals surface area contributed by atoms with Gasteiger partial charge in [-0.2, -0.15) is 0 Å². The molecule has 0 heterocycles. The fourth-order valence-corrected chi connectivity index (χ4v) is 1.80. The Labute approximate surface area is 108 Å². The van der Waals surface area contributed by atoms with E-state index in [0.717, 1.165) is 5.56 Å². The average Bonchev–Trinajstić information content (AvgIpc) is 2.29. The van der Waals surface area contributed by atoms with E-state index in [2.05, 4.69) is 0 Å². The first-order valence-electron chi connectivity index (χ1n) is 6.10. The zero-order chi connectivity index (χ0) is 13.8. The second-order valence-electron chi connectivity index (χ2n) is 5.37. The maximum Gasteiger partial charge on any atom is 0.223 e. The van der Waals surface area contributed by atoms with Gasteiger partial charge in [0, 0.05) is 11.5 Å². The second kappa shape index (κ2) is 5.98. The minimum atomic E-state index is -0.743. The summed E-state index contributed by atoms with van der Waals surface area (Å²) in [5, 5.41) is 10.0. The minimum absolute atomic E-state index is 0.274. The second-order valence-corrected chi connectivity index (χ2v) is 5.37. The van der Waals surface area contributed by atoms with Crippen molar-refractivity contribution in [2.24, 2.45) is 16.9 Å². The number of hydrogen-bond donors (Lipinski definition) is 3. The molecular formula is C14H22N2O2. The maximum absolute atomic E-state index is 11.2. The molecule has 2 atom stereocenters. The normalized spacial score (nSPS) is 15.1. The molecule has 0 saturated carbocycles. The van der Waals surface area contributed by atoms with Crippen molar-refractivity contribution in [3.8, 4) is 0 Å². The highest BCUT2D eigenvalue weighted by Gasteiger charge is 2.30. The molecule has 2 unspecified atom stereocenters. The largest absolute Gasteiger partial charge is 0.391 e. The van der Waals surface area contributed by atoms with Crippen LogP contribution in [0.15, 0.2) is 30.3 Å². The van der Waals surface area contributed by atoms with Crippen LogP contribution in [0.5, 0.6) is 0 Å². The highest BCUT2D eigenvalue weighted by atomic mass is 16.3. The molecule has 0 spiro atoms. The van der Waals surface area contributed by atoms with E-state index in [9.17, 15) is 9.90 Å². The lowest BCUT2D eigenvalue weighted by atomic mass is 9.83. The van der Waals surface area contributed by atoms with E-state index in [0.29, 0.717) is 6.42 Å². The summed E-state index contributed by atoms with van der Waals surface area (Å²) in [5.74, 6) is -0.423. The molecule has 0 radical (unpaired) electrons. The SMILES string of the molecule is CC(C)(CC(O)C(N)Cc1ccccc1)C(N)=O. The molecule has 0 aliphatic rings. The molecule has 1 aromatic carbocycles. The van der Waals surface area contributed by atoms with Crippen LogP contribution >= 0.6 is 0 Å². The third-order valence-electron chi connectivity index (χ3n) is 3.19. The van der Waals surface area contributed by atoms with Crippen molar-refractivity contribution >= 4 is 5.91 Å². The summed E-state index contributed by atoms with van der Waals surface area (Å²) < 4.78 is 0. The number of aliphatic hydroxyl groups excluding tert-OH is 1. The molecule has 1 amide bonds. The summed E-state index contributed by atoms with van der Waals surface area (Å²) in [5.41, 5.74) is 11.6. The quantitative estimate of drug-likeness (QED) is 0.698. The van der Waals surface area contributed by atoms with E-state index >= 15 is 0 Å². The van der Waals surface area contributed by atoms with E-state index in [4.69, 9.17) is 11.5 Å². The number of nitrogens with two attached hydrogens (primary N) is 2. The maximum atomic E-state index is 11.2. The zero-order valence-corrected chi connectivity index (χ0v) is 11.0. The monoisotopic (exact) mass is 250 g/mol. The Morgan fingerprint density at radius 1 is 1.33 bits per heavy atom. The van der Waals surface area contributed by atoms with Gasteiger partial charge in [-0.15, -0.1) is 0 Å². The molecule has 5 N–H and O–H groups in total. The van der Waals surface area contributed by atoms with Crippen molar-refractivity contribution in [1.82, 2.24) is 0 Å². The standard InChI is InChI=1S/C14H22N2O2/c1-14(2,13(16)18)9-12(17)11(15)8-10-6-4-3-5-7-10/h3-7,11-12,17H,8-9,15H2,1-2H3,(H2,16,18). The lowest BCUT2D eigenvalue weighted by Crippen LogP contribution is -2.43. The van der Waals surface area contributed by atoms with E-state index in [1.807, 2.05) is 30.3 Å². The van der Waals surface area contributed by atoms with Crippen molar-refractivity contribution in [2.75, 3.05) is 0 Å². The van der Waals surface area contributed by atoms with Crippen LogP contribution in [0, 0.1) is 5.41 Å². The van der Waals surface area contributed by atoms with Crippen molar-refractivity contribution in [2.45, 2.75) is 38.8 Å². The first kappa shape index (κ1) is 14.7. The predicted molar refractivity (Wildman–Crippen MR) is 71.7 cm³/mol. The van der Waals surface area contributed by atoms with E-state index in [1.165, 1.54) is 0 Å². The highest BCUT2D eigenvalue weighted by molar-refractivity contribution is 5.79. The first-order valence-corrected chi connectivity index (χ1v) is 6.10.